The molecule has 0 fully saturated rings. The van der Waals surface area contributed by atoms with E-state index in [9.17, 15) is 14.0 Å². The minimum absolute atomic E-state index is 0.0561. The quantitative estimate of drug-likeness (QED) is 0.397. The summed E-state index contributed by atoms with van der Waals surface area (Å²) < 4.78 is 19.8. The zero-order chi connectivity index (χ0) is 21.7. The van der Waals surface area contributed by atoms with Crippen LogP contribution in [-0.4, -0.2) is 22.7 Å². The molecule has 0 heterocycles. The summed E-state index contributed by atoms with van der Waals surface area (Å²) in [5, 5.41) is 2.33. The molecule has 1 aromatic carbocycles. The lowest BCUT2D eigenvalue weighted by Gasteiger charge is -2.24. The fraction of sp³-hybridized carbons (Fsp3) is 0.619. The maximum atomic E-state index is 14.3. The van der Waals surface area contributed by atoms with E-state index >= 15 is 0 Å². The van der Waals surface area contributed by atoms with Crippen LogP contribution in [0.5, 0.6) is 0 Å². The normalized spacial score (nSPS) is 13.2. The molecule has 0 aliphatic rings. The van der Waals surface area contributed by atoms with Crippen molar-refractivity contribution in [1.82, 2.24) is 0 Å². The van der Waals surface area contributed by atoms with Crippen molar-refractivity contribution in [2.24, 2.45) is 5.41 Å². The second-order valence-electron chi connectivity index (χ2n) is 8.98. The first-order valence-corrected chi connectivity index (χ1v) is 10.7. The molecule has 28 heavy (non-hydrogen) atoms. The molecule has 0 radical (unpaired) electrons. The number of rotatable bonds is 7. The third-order valence-corrected chi connectivity index (χ3v) is 5.21. The molecule has 0 bridgehead atoms. The van der Waals surface area contributed by atoms with Crippen molar-refractivity contribution in [1.29, 1.82) is 0 Å². The van der Waals surface area contributed by atoms with E-state index in [0.717, 1.165) is 12.5 Å². The van der Waals surface area contributed by atoms with Crippen LogP contribution in [-0.2, 0) is 14.3 Å². The lowest BCUT2D eigenvalue weighted by molar-refractivity contribution is -0.154. The maximum Gasteiger partial charge on any atom is 0.319 e. The number of anilines is 1. The Morgan fingerprint density at radius 2 is 1.82 bits per heavy atom. The summed E-state index contributed by atoms with van der Waals surface area (Å²) in [7, 11) is 0. The van der Waals surface area contributed by atoms with Crippen LogP contribution in [0, 0.1) is 11.2 Å². The molecule has 0 aromatic heterocycles. The Labute approximate surface area is 176 Å². The Morgan fingerprint density at radius 1 is 1.21 bits per heavy atom. The highest BCUT2D eigenvalue weighted by atomic mass is 35.5. The smallest absolute Gasteiger partial charge is 0.319 e. The zero-order valence-corrected chi connectivity index (χ0v) is 19.3. The van der Waals surface area contributed by atoms with Gasteiger partial charge in [0.25, 0.3) is 0 Å². The summed E-state index contributed by atoms with van der Waals surface area (Å²) in [5.41, 5.74) is -0.754. The summed E-state index contributed by atoms with van der Waals surface area (Å²) in [4.78, 5) is 25.2. The Morgan fingerprint density at radius 3 is 2.32 bits per heavy atom. The van der Waals surface area contributed by atoms with Gasteiger partial charge in [0, 0.05) is 11.3 Å². The monoisotopic (exact) mass is 431 g/mol. The highest BCUT2D eigenvalue weighted by Crippen LogP contribution is 2.37. The molecule has 1 N–H and O–H groups in total. The van der Waals surface area contributed by atoms with Crippen LogP contribution < -0.4 is 5.32 Å². The van der Waals surface area contributed by atoms with Crippen LogP contribution in [0.1, 0.15) is 67.7 Å². The molecule has 1 rings (SSSR count). The van der Waals surface area contributed by atoms with E-state index in [2.05, 4.69) is 5.32 Å². The third-order valence-electron chi connectivity index (χ3n) is 3.48. The number of hydrogen-bond acceptors (Lipinski definition) is 4. The fourth-order valence-corrected chi connectivity index (χ4v) is 3.84. The largest absolute Gasteiger partial charge is 0.459 e. The number of nitrogens with one attached hydrogen (secondary N) is 1. The van der Waals surface area contributed by atoms with Gasteiger partial charge < -0.3 is 10.1 Å². The summed E-state index contributed by atoms with van der Waals surface area (Å²) >= 11 is 7.43. The summed E-state index contributed by atoms with van der Waals surface area (Å²) in [6.07, 6.45) is 1.64. The van der Waals surface area contributed by atoms with Crippen molar-refractivity contribution in [2.45, 2.75) is 83.5 Å². The van der Waals surface area contributed by atoms with Crippen molar-refractivity contribution in [2.75, 3.05) is 5.32 Å². The Balaban J connectivity index is 3.05. The van der Waals surface area contributed by atoms with Crippen LogP contribution in [0.25, 0.3) is 0 Å². The molecule has 1 atom stereocenters. The van der Waals surface area contributed by atoms with E-state index in [-0.39, 0.29) is 34.4 Å². The predicted octanol–water partition coefficient (Wildman–Crippen LogP) is 6.46. The number of amides is 1. The van der Waals surface area contributed by atoms with Crippen LogP contribution >= 0.6 is 23.4 Å². The van der Waals surface area contributed by atoms with Crippen LogP contribution in [0.15, 0.2) is 17.0 Å². The molecule has 0 spiro atoms. The zero-order valence-electron chi connectivity index (χ0n) is 17.7. The van der Waals surface area contributed by atoms with Gasteiger partial charge in [-0.05, 0) is 44.7 Å². The fourth-order valence-electron chi connectivity index (χ4n) is 2.40. The highest BCUT2D eigenvalue weighted by molar-refractivity contribution is 8.00. The average Bonchev–Trinajstić information content (AvgIpc) is 2.47. The van der Waals surface area contributed by atoms with E-state index in [1.807, 2.05) is 48.5 Å². The lowest BCUT2D eigenvalue weighted by atomic mass is 9.92. The first kappa shape index (κ1) is 24.8. The number of carbonyl (C=O) groups is 2. The standard InChI is InChI=1S/C21H31ClFNO3S/c1-8-9-16(19(26)27-21(5,6)7)28-17-11-15(14(23)10-13(17)22)24-18(25)12-20(2,3)4/h10-11,16H,8-9,12H2,1-7H3,(H,24,25). The van der Waals surface area contributed by atoms with Crippen LogP contribution in [0.3, 0.4) is 0 Å². The van der Waals surface area contributed by atoms with Gasteiger partial charge in [-0.1, -0.05) is 45.7 Å². The molecule has 0 saturated carbocycles. The number of thioether (sulfide) groups is 1. The molecule has 1 unspecified atom stereocenters. The van der Waals surface area contributed by atoms with Gasteiger partial charge in [0.2, 0.25) is 5.91 Å². The SMILES string of the molecule is CCCC(Sc1cc(NC(=O)CC(C)(C)C)c(F)cc1Cl)C(=O)OC(C)(C)C. The minimum atomic E-state index is -0.610. The summed E-state index contributed by atoms with van der Waals surface area (Å²) in [6.45, 7) is 13.2. The summed E-state index contributed by atoms with van der Waals surface area (Å²) in [5.74, 6) is -1.22. The van der Waals surface area contributed by atoms with Gasteiger partial charge in [-0.25, -0.2) is 4.39 Å². The highest BCUT2D eigenvalue weighted by Gasteiger charge is 2.27. The number of hydrogen-bond donors (Lipinski definition) is 1. The van der Waals surface area contributed by atoms with E-state index in [4.69, 9.17) is 16.3 Å². The topological polar surface area (TPSA) is 55.4 Å². The number of esters is 1. The van der Waals surface area contributed by atoms with Crippen molar-refractivity contribution in [3.05, 3.63) is 23.0 Å². The average molecular weight is 432 g/mol. The van der Waals surface area contributed by atoms with Crippen molar-refractivity contribution < 1.29 is 18.7 Å². The molecule has 7 heteroatoms. The Hall–Kier alpha value is -1.27. The van der Waals surface area contributed by atoms with Crippen molar-refractivity contribution in [3.8, 4) is 0 Å². The van der Waals surface area contributed by atoms with Crippen molar-refractivity contribution >= 4 is 40.9 Å². The number of carbonyl (C=O) groups excluding carboxylic acids is 2. The van der Waals surface area contributed by atoms with Crippen molar-refractivity contribution in [3.63, 3.8) is 0 Å². The van der Waals surface area contributed by atoms with Gasteiger partial charge in [-0.3, -0.25) is 9.59 Å². The van der Waals surface area contributed by atoms with Gasteiger partial charge >= 0.3 is 5.97 Å². The van der Waals surface area contributed by atoms with E-state index in [1.165, 1.54) is 17.8 Å². The first-order chi connectivity index (χ1) is 12.7. The van der Waals surface area contributed by atoms with E-state index in [1.54, 1.807) is 0 Å². The molecule has 0 aliphatic heterocycles. The molecule has 1 amide bonds. The molecule has 1 aromatic rings. The van der Waals surface area contributed by atoms with Gasteiger partial charge in [0.15, 0.2) is 0 Å². The molecule has 4 nitrogen and oxygen atoms in total. The summed E-state index contributed by atoms with van der Waals surface area (Å²) in [6, 6.07) is 2.64. The lowest BCUT2D eigenvalue weighted by Crippen LogP contribution is -2.30. The number of halogens is 2. The van der Waals surface area contributed by atoms with Gasteiger partial charge in [-0.2, -0.15) is 0 Å². The van der Waals surface area contributed by atoms with Gasteiger partial charge in [0.05, 0.1) is 10.7 Å². The van der Waals surface area contributed by atoms with Gasteiger partial charge in [0.1, 0.15) is 16.7 Å². The van der Waals surface area contributed by atoms with E-state index in [0.29, 0.717) is 11.3 Å². The third kappa shape index (κ3) is 8.82. The molecule has 0 saturated heterocycles. The molecule has 0 aliphatic carbocycles. The Kier molecular flexibility index (Phi) is 8.82. The minimum Gasteiger partial charge on any atom is -0.459 e. The molecular weight excluding hydrogens is 401 g/mol. The first-order valence-electron chi connectivity index (χ1n) is 9.40. The second kappa shape index (κ2) is 9.97. The maximum absolute atomic E-state index is 14.3. The van der Waals surface area contributed by atoms with Crippen LogP contribution in [0.2, 0.25) is 5.02 Å². The molecule has 158 valence electrons. The van der Waals surface area contributed by atoms with Gasteiger partial charge in [-0.15, -0.1) is 11.8 Å². The number of benzene rings is 1. The number of ether oxygens (including phenoxy) is 1. The van der Waals surface area contributed by atoms with E-state index < -0.39 is 16.7 Å². The predicted molar refractivity (Wildman–Crippen MR) is 115 cm³/mol. The molecular formula is C21H31ClFNO3S. The van der Waals surface area contributed by atoms with Crippen LogP contribution in [0.4, 0.5) is 10.1 Å². The Bertz CT molecular complexity index is 711. The second-order valence-corrected chi connectivity index (χ2v) is 10.6.